The van der Waals surface area contributed by atoms with Gasteiger partial charge >= 0.3 is 47.5 Å². The summed E-state index contributed by atoms with van der Waals surface area (Å²) in [6.07, 6.45) is 3.07. The molecule has 6 nitrogen and oxygen atoms in total. The number of hydrogen-bond acceptors (Lipinski definition) is 3. The fourth-order valence-corrected chi connectivity index (χ4v) is 0.642. The van der Waals surface area contributed by atoms with E-state index in [1.54, 1.807) is 0 Å². The van der Waals surface area contributed by atoms with E-state index in [9.17, 15) is 14.4 Å². The summed E-state index contributed by atoms with van der Waals surface area (Å²) in [6.45, 7) is 5.52. The van der Waals surface area contributed by atoms with Gasteiger partial charge in [0.25, 0.3) is 0 Å². The Morgan fingerprint density at radius 2 is 0.842 bits per heavy atom. The zero-order chi connectivity index (χ0) is 15.0. The van der Waals surface area contributed by atoms with Crippen LogP contribution in [-0.2, 0) is 14.4 Å². The van der Waals surface area contributed by atoms with Gasteiger partial charge in [-0.1, -0.05) is 20.8 Å². The Morgan fingerprint density at radius 1 is 0.684 bits per heavy atom. The molecule has 0 aromatic carbocycles. The van der Waals surface area contributed by atoms with E-state index in [-0.39, 0.29) is 31.0 Å². The van der Waals surface area contributed by atoms with Crippen LogP contribution >= 0.6 is 0 Å². The molecule has 0 aliphatic carbocycles. The van der Waals surface area contributed by atoms with Gasteiger partial charge in [0.1, 0.15) is 0 Å². The monoisotopic (exact) mass is 288 g/mol. The molecular weight excluding hydrogens is 263 g/mol. The molecule has 0 rings (SSSR count). The molecule has 7 heteroatoms. The molecule has 0 aliphatic rings. The number of carbonyl (C=O) groups is 3. The summed E-state index contributed by atoms with van der Waals surface area (Å²) < 4.78 is 0. The summed E-state index contributed by atoms with van der Waals surface area (Å²) in [7, 11) is 0. The van der Waals surface area contributed by atoms with Crippen molar-refractivity contribution in [3.8, 4) is 0 Å². The topological polar surface area (TPSA) is 112 Å². The van der Waals surface area contributed by atoms with Crippen molar-refractivity contribution in [1.29, 1.82) is 0 Å². The second-order valence-corrected chi connectivity index (χ2v) is 3.43. The summed E-state index contributed by atoms with van der Waals surface area (Å²) >= 11 is 0. The Morgan fingerprint density at radius 3 is 0.842 bits per heavy atom. The first kappa shape index (κ1) is 26.9. The first-order valence-electron chi connectivity index (χ1n) is 5.97. The normalized spacial score (nSPS) is 7.74. The molecule has 0 aromatic rings. The minimum Gasteiger partial charge on any atom is -1.00 e. The van der Waals surface area contributed by atoms with Gasteiger partial charge in [-0.3, -0.25) is 14.4 Å². The average Bonchev–Trinajstić information content (AvgIpc) is 2.18. The fourth-order valence-electron chi connectivity index (χ4n) is 0.642. The van der Waals surface area contributed by atoms with Crippen LogP contribution in [0.3, 0.4) is 0 Å². The van der Waals surface area contributed by atoms with Crippen LogP contribution in [0.25, 0.3) is 0 Å². The molecule has 0 atom stereocenters. The second-order valence-electron chi connectivity index (χ2n) is 3.43. The summed E-state index contributed by atoms with van der Waals surface area (Å²) in [5.74, 6) is -2.13. The smallest absolute Gasteiger partial charge is 1.00 e. The molecule has 3 N–H and O–H groups in total. The van der Waals surface area contributed by atoms with Gasteiger partial charge in [-0.05, 0) is 19.3 Å². The Kier molecular flexibility index (Phi) is 31.9. The number of aliphatic carboxylic acids is 3. The second kappa shape index (κ2) is 22.6. The summed E-state index contributed by atoms with van der Waals surface area (Å²) in [4.78, 5) is 28.8. The Labute approximate surface area is 138 Å². The van der Waals surface area contributed by atoms with Gasteiger partial charge in [0.15, 0.2) is 0 Å². The molecule has 0 aromatic heterocycles. The molecule has 0 bridgehead atoms. The Bertz CT molecular complexity index is 198. The largest absolute Gasteiger partial charge is 1.00 e. The van der Waals surface area contributed by atoms with Crippen molar-refractivity contribution >= 4 is 17.9 Å². The maximum Gasteiger partial charge on any atom is 1.00 e. The van der Waals surface area contributed by atoms with Crippen LogP contribution in [0.2, 0.25) is 0 Å². The van der Waals surface area contributed by atoms with Crippen LogP contribution in [0.1, 0.15) is 60.7 Å². The first-order chi connectivity index (χ1) is 8.31. The maximum absolute atomic E-state index is 9.60. The van der Waals surface area contributed by atoms with Crippen molar-refractivity contribution in [2.75, 3.05) is 0 Å². The SMILES string of the molecule is CCCC(=O)O.CCCC(=O)O.CCCC(=O)O.[H-].[Na+]. The molecule has 0 aliphatic heterocycles. The van der Waals surface area contributed by atoms with E-state index in [0.717, 1.165) is 19.3 Å². The third-order valence-corrected chi connectivity index (χ3v) is 1.39. The molecule has 19 heavy (non-hydrogen) atoms. The van der Waals surface area contributed by atoms with E-state index < -0.39 is 17.9 Å². The maximum atomic E-state index is 9.60. The molecule has 110 valence electrons. The number of carboxylic acid groups (broad SMARTS) is 3. The molecule has 0 saturated carbocycles. The molecule has 0 heterocycles. The van der Waals surface area contributed by atoms with Crippen molar-refractivity contribution in [2.45, 2.75) is 59.3 Å². The van der Waals surface area contributed by atoms with Crippen LogP contribution < -0.4 is 29.6 Å². The van der Waals surface area contributed by atoms with Gasteiger partial charge in [0.2, 0.25) is 0 Å². The Balaban J connectivity index is -0.0000000536. The standard InChI is InChI=1S/3C4H8O2.Na.H/c3*1-2-3-4(5)6;;/h3*2-3H2,1H3,(H,5,6);;/q;;;+1;-1. The van der Waals surface area contributed by atoms with E-state index in [1.165, 1.54) is 0 Å². The Hall–Kier alpha value is -0.590. The molecule has 0 fully saturated rings. The minimum atomic E-state index is -0.711. The van der Waals surface area contributed by atoms with Gasteiger partial charge in [0, 0.05) is 19.3 Å². The van der Waals surface area contributed by atoms with Crippen LogP contribution in [0, 0.1) is 0 Å². The molecule has 0 radical (unpaired) electrons. The van der Waals surface area contributed by atoms with Crippen molar-refractivity contribution in [2.24, 2.45) is 0 Å². The summed E-state index contributed by atoms with van der Waals surface area (Å²) in [5, 5.41) is 23.7. The number of hydrogen-bond donors (Lipinski definition) is 3. The van der Waals surface area contributed by atoms with Gasteiger partial charge < -0.3 is 16.7 Å². The van der Waals surface area contributed by atoms with E-state index >= 15 is 0 Å². The van der Waals surface area contributed by atoms with Crippen LogP contribution in [0.5, 0.6) is 0 Å². The van der Waals surface area contributed by atoms with Gasteiger partial charge in [-0.25, -0.2) is 0 Å². The molecule has 0 spiro atoms. The predicted octanol–water partition coefficient (Wildman–Crippen LogP) is -0.270. The third kappa shape index (κ3) is 58.5. The van der Waals surface area contributed by atoms with Crippen LogP contribution in [0.15, 0.2) is 0 Å². The van der Waals surface area contributed by atoms with Crippen LogP contribution in [0.4, 0.5) is 0 Å². The zero-order valence-electron chi connectivity index (χ0n) is 13.3. The van der Waals surface area contributed by atoms with Crippen molar-refractivity contribution < 1.29 is 60.7 Å². The van der Waals surface area contributed by atoms with Crippen molar-refractivity contribution in [3.63, 3.8) is 0 Å². The van der Waals surface area contributed by atoms with E-state index in [2.05, 4.69) is 0 Å². The first-order valence-corrected chi connectivity index (χ1v) is 5.97. The summed E-state index contributed by atoms with van der Waals surface area (Å²) in [5.41, 5.74) is 0. The van der Waals surface area contributed by atoms with Crippen molar-refractivity contribution in [1.82, 2.24) is 0 Å². The van der Waals surface area contributed by atoms with E-state index in [0.29, 0.717) is 19.3 Å². The number of rotatable bonds is 6. The van der Waals surface area contributed by atoms with Crippen molar-refractivity contribution in [3.05, 3.63) is 0 Å². The van der Waals surface area contributed by atoms with Gasteiger partial charge in [0.05, 0.1) is 0 Å². The molecule has 0 amide bonds. The molecule has 0 unspecified atom stereocenters. The van der Waals surface area contributed by atoms with E-state index in [4.69, 9.17) is 15.3 Å². The predicted molar refractivity (Wildman–Crippen MR) is 68.7 cm³/mol. The quantitative estimate of drug-likeness (QED) is 0.580. The summed E-state index contributed by atoms with van der Waals surface area (Å²) in [6, 6.07) is 0. The minimum absolute atomic E-state index is 0. The van der Waals surface area contributed by atoms with Crippen LogP contribution in [-0.4, -0.2) is 33.2 Å². The third-order valence-electron chi connectivity index (χ3n) is 1.39. The molecule has 0 saturated heterocycles. The van der Waals surface area contributed by atoms with Gasteiger partial charge in [-0.2, -0.15) is 0 Å². The number of carboxylic acids is 3. The van der Waals surface area contributed by atoms with Gasteiger partial charge in [-0.15, -0.1) is 0 Å². The fraction of sp³-hybridized carbons (Fsp3) is 0.750. The zero-order valence-corrected chi connectivity index (χ0v) is 14.3. The molecular formula is C12H25NaO6. The van der Waals surface area contributed by atoms with E-state index in [1.807, 2.05) is 20.8 Å². The average molecular weight is 288 g/mol.